The lowest BCUT2D eigenvalue weighted by atomic mass is 10.1. The summed E-state index contributed by atoms with van der Waals surface area (Å²) in [7, 11) is 1.33. The molecule has 4 N–H and O–H groups in total. The highest BCUT2D eigenvalue weighted by atomic mass is 19.1. The first-order chi connectivity index (χ1) is 12.9. The molecular formula is C17H18FN7O2. The summed E-state index contributed by atoms with van der Waals surface area (Å²) in [5.41, 5.74) is 7.11. The smallest absolute Gasteiger partial charge is 0.250 e. The normalized spacial score (nSPS) is 11.9. The molecule has 0 bridgehead atoms. The van der Waals surface area contributed by atoms with Crippen molar-refractivity contribution in [3.05, 3.63) is 41.7 Å². The summed E-state index contributed by atoms with van der Waals surface area (Å²) < 4.78 is 18.7. The number of aliphatic hydroxyl groups is 1. The number of aromatic nitrogens is 5. The summed E-state index contributed by atoms with van der Waals surface area (Å²) >= 11 is 0. The molecule has 0 spiro atoms. The van der Waals surface area contributed by atoms with Crippen LogP contribution in [0.4, 0.5) is 21.8 Å². The zero-order valence-corrected chi connectivity index (χ0v) is 14.9. The third-order valence-electron chi connectivity index (χ3n) is 3.66. The summed E-state index contributed by atoms with van der Waals surface area (Å²) in [5, 5.41) is 12.8. The van der Waals surface area contributed by atoms with E-state index in [-0.39, 0.29) is 17.7 Å². The van der Waals surface area contributed by atoms with Gasteiger partial charge in [-0.3, -0.25) is 0 Å². The van der Waals surface area contributed by atoms with E-state index in [0.717, 1.165) is 0 Å². The molecule has 1 atom stereocenters. The summed E-state index contributed by atoms with van der Waals surface area (Å²) in [6.45, 7) is 3.30. The molecule has 3 aromatic rings. The Balaban J connectivity index is 2.08. The summed E-state index contributed by atoms with van der Waals surface area (Å²) in [6, 6.07) is 2.91. The Hall–Kier alpha value is -3.40. The number of rotatable bonds is 5. The molecule has 3 heterocycles. The van der Waals surface area contributed by atoms with Gasteiger partial charge in [-0.2, -0.15) is 9.97 Å². The first-order valence-corrected chi connectivity index (χ1v) is 8.00. The molecule has 140 valence electrons. The van der Waals surface area contributed by atoms with Crippen molar-refractivity contribution >= 4 is 17.5 Å². The Morgan fingerprint density at radius 3 is 2.59 bits per heavy atom. The average Bonchev–Trinajstić information content (AvgIpc) is 2.61. The van der Waals surface area contributed by atoms with Crippen LogP contribution in [-0.4, -0.2) is 37.1 Å². The van der Waals surface area contributed by atoms with E-state index in [1.54, 1.807) is 19.9 Å². The van der Waals surface area contributed by atoms with E-state index in [1.807, 2.05) is 0 Å². The van der Waals surface area contributed by atoms with Crippen LogP contribution in [0.15, 0.2) is 24.5 Å². The molecule has 9 nitrogen and oxygen atoms in total. The maximum absolute atomic E-state index is 13.9. The van der Waals surface area contributed by atoms with Crippen LogP contribution in [0.25, 0.3) is 11.4 Å². The van der Waals surface area contributed by atoms with Crippen LogP contribution in [0, 0.1) is 12.7 Å². The second kappa shape index (κ2) is 7.46. The van der Waals surface area contributed by atoms with Crippen molar-refractivity contribution in [2.45, 2.75) is 20.0 Å². The van der Waals surface area contributed by atoms with Crippen molar-refractivity contribution in [1.82, 2.24) is 24.9 Å². The van der Waals surface area contributed by atoms with Gasteiger partial charge in [0.05, 0.1) is 30.7 Å². The quantitative estimate of drug-likeness (QED) is 0.617. The Bertz CT molecular complexity index is 961. The molecule has 0 aliphatic heterocycles. The molecule has 0 fully saturated rings. The van der Waals surface area contributed by atoms with Crippen LogP contribution < -0.4 is 15.8 Å². The van der Waals surface area contributed by atoms with Crippen LogP contribution in [0.5, 0.6) is 5.88 Å². The Labute approximate surface area is 154 Å². The number of aryl methyl sites for hydroxylation is 1. The van der Waals surface area contributed by atoms with Gasteiger partial charge in [0.25, 0.3) is 0 Å². The monoisotopic (exact) mass is 371 g/mol. The van der Waals surface area contributed by atoms with E-state index in [2.05, 4.69) is 30.2 Å². The molecule has 1 unspecified atom stereocenters. The van der Waals surface area contributed by atoms with E-state index in [0.29, 0.717) is 28.5 Å². The zero-order valence-electron chi connectivity index (χ0n) is 14.9. The maximum atomic E-state index is 13.9. The first kappa shape index (κ1) is 18.4. The molecule has 0 radical (unpaired) electrons. The number of aliphatic hydroxyl groups excluding tert-OH is 1. The van der Waals surface area contributed by atoms with Crippen molar-refractivity contribution in [3.8, 4) is 17.3 Å². The SMILES string of the molecule is COc1ncc(Nc2ncc(C(C)O)cc2-c2nc(C)nc(N)n2)cc1F. The minimum Gasteiger partial charge on any atom is -0.479 e. The van der Waals surface area contributed by atoms with Crippen molar-refractivity contribution < 1.29 is 14.2 Å². The lowest BCUT2D eigenvalue weighted by Crippen LogP contribution is -2.06. The van der Waals surface area contributed by atoms with Crippen molar-refractivity contribution in [3.63, 3.8) is 0 Å². The van der Waals surface area contributed by atoms with Crippen molar-refractivity contribution in [2.75, 3.05) is 18.2 Å². The minimum absolute atomic E-state index is 0.0584. The molecule has 0 aliphatic rings. The molecule has 10 heteroatoms. The third kappa shape index (κ3) is 4.06. The number of nitrogens with zero attached hydrogens (tertiary/aromatic N) is 5. The van der Waals surface area contributed by atoms with E-state index >= 15 is 0 Å². The maximum Gasteiger partial charge on any atom is 0.250 e. The van der Waals surface area contributed by atoms with Crippen molar-refractivity contribution in [1.29, 1.82) is 0 Å². The Morgan fingerprint density at radius 1 is 1.19 bits per heavy atom. The van der Waals surface area contributed by atoms with Crippen molar-refractivity contribution in [2.24, 2.45) is 0 Å². The zero-order chi connectivity index (χ0) is 19.6. The number of methoxy groups -OCH3 is 1. The first-order valence-electron chi connectivity index (χ1n) is 8.00. The van der Waals surface area contributed by atoms with Crippen LogP contribution in [-0.2, 0) is 0 Å². The average molecular weight is 371 g/mol. The number of nitrogens with one attached hydrogen (secondary N) is 1. The summed E-state index contributed by atoms with van der Waals surface area (Å²) in [5.74, 6) is 0.380. The van der Waals surface area contributed by atoms with Crippen LogP contribution in [0.3, 0.4) is 0 Å². The molecule has 0 saturated heterocycles. The fourth-order valence-corrected chi connectivity index (χ4v) is 2.38. The second-order valence-corrected chi connectivity index (χ2v) is 5.75. The van der Waals surface area contributed by atoms with Crippen LogP contribution in [0.1, 0.15) is 24.4 Å². The number of nitrogens with two attached hydrogens (primary N) is 1. The Morgan fingerprint density at radius 2 is 1.96 bits per heavy atom. The van der Waals surface area contributed by atoms with Gasteiger partial charge in [0, 0.05) is 12.3 Å². The fourth-order valence-electron chi connectivity index (χ4n) is 2.38. The topological polar surface area (TPSA) is 132 Å². The number of nitrogen functional groups attached to an aromatic ring is 1. The molecule has 3 aromatic heterocycles. The minimum atomic E-state index is -0.745. The second-order valence-electron chi connectivity index (χ2n) is 5.75. The Kier molecular flexibility index (Phi) is 5.08. The summed E-state index contributed by atoms with van der Waals surface area (Å²) in [4.78, 5) is 20.6. The highest BCUT2D eigenvalue weighted by molar-refractivity contribution is 5.75. The number of anilines is 3. The van der Waals surface area contributed by atoms with E-state index < -0.39 is 11.9 Å². The summed E-state index contributed by atoms with van der Waals surface area (Å²) in [6.07, 6.45) is 2.16. The predicted octanol–water partition coefficient (Wildman–Crippen LogP) is 2.16. The number of hydrogen-bond donors (Lipinski definition) is 3. The van der Waals surface area contributed by atoms with E-state index in [4.69, 9.17) is 10.5 Å². The standard InChI is InChI=1S/C17H18FN7O2/c1-8(26)10-4-12(15-22-9(2)23-17(19)25-15)14(20-6-10)24-11-5-13(18)16(27-3)21-7-11/h4-8,26H,1-3H3,(H,20,24)(H2,19,22,23,25). The van der Waals surface area contributed by atoms with Gasteiger partial charge >= 0.3 is 0 Å². The van der Waals surface area contributed by atoms with Gasteiger partial charge in [0.1, 0.15) is 11.6 Å². The molecular weight excluding hydrogens is 353 g/mol. The van der Waals surface area contributed by atoms with Crippen LogP contribution >= 0.6 is 0 Å². The van der Waals surface area contributed by atoms with Gasteiger partial charge in [-0.1, -0.05) is 0 Å². The molecule has 0 saturated carbocycles. The van der Waals surface area contributed by atoms with Gasteiger partial charge < -0.3 is 20.9 Å². The highest BCUT2D eigenvalue weighted by Crippen LogP contribution is 2.30. The number of ether oxygens (including phenoxy) is 1. The number of halogens is 1. The van der Waals surface area contributed by atoms with Crippen LogP contribution in [0.2, 0.25) is 0 Å². The van der Waals surface area contributed by atoms with Gasteiger partial charge in [0.2, 0.25) is 11.8 Å². The lowest BCUT2D eigenvalue weighted by Gasteiger charge is -2.14. The lowest BCUT2D eigenvalue weighted by molar-refractivity contribution is 0.199. The van der Waals surface area contributed by atoms with E-state index in [9.17, 15) is 9.50 Å². The fraction of sp³-hybridized carbons (Fsp3) is 0.235. The molecule has 0 aliphatic carbocycles. The van der Waals surface area contributed by atoms with Gasteiger partial charge in [0.15, 0.2) is 11.6 Å². The molecule has 0 aromatic carbocycles. The van der Waals surface area contributed by atoms with Gasteiger partial charge in [-0.25, -0.2) is 19.3 Å². The molecule has 3 rings (SSSR count). The van der Waals surface area contributed by atoms with Gasteiger partial charge in [-0.15, -0.1) is 0 Å². The highest BCUT2D eigenvalue weighted by Gasteiger charge is 2.16. The van der Waals surface area contributed by atoms with Gasteiger partial charge in [-0.05, 0) is 25.5 Å². The predicted molar refractivity (Wildman–Crippen MR) is 96.9 cm³/mol. The van der Waals surface area contributed by atoms with E-state index in [1.165, 1.54) is 25.6 Å². The number of pyridine rings is 2. The number of hydrogen-bond acceptors (Lipinski definition) is 9. The molecule has 27 heavy (non-hydrogen) atoms. The largest absolute Gasteiger partial charge is 0.479 e. The molecule has 0 amide bonds. The third-order valence-corrected chi connectivity index (χ3v) is 3.66.